The van der Waals surface area contributed by atoms with Crippen molar-refractivity contribution < 1.29 is 15.1 Å². The van der Waals surface area contributed by atoms with Crippen LogP contribution in [0.15, 0.2) is 70.7 Å². The topological polar surface area (TPSA) is 91.9 Å². The van der Waals surface area contributed by atoms with Crippen molar-refractivity contribution in [3.05, 3.63) is 104 Å². The van der Waals surface area contributed by atoms with Gasteiger partial charge in [0.1, 0.15) is 0 Å². The van der Waals surface area contributed by atoms with Crippen molar-refractivity contribution in [1.82, 2.24) is 4.57 Å². The van der Waals surface area contributed by atoms with Crippen LogP contribution < -0.4 is 5.56 Å². The van der Waals surface area contributed by atoms with Crippen LogP contribution >= 0.6 is 11.6 Å². The molecule has 0 amide bonds. The number of aliphatic hydroxyl groups is 1. The van der Waals surface area contributed by atoms with Gasteiger partial charge in [0.25, 0.3) is 0 Å². The zero-order chi connectivity index (χ0) is 24.0. The lowest BCUT2D eigenvalue weighted by atomic mass is 9.83. The Bertz CT molecular complexity index is 1220. The molecule has 0 aliphatic heterocycles. The Hall–Kier alpha value is -3.22. The van der Waals surface area contributed by atoms with Crippen molar-refractivity contribution in [1.29, 1.82) is 0 Å². The van der Waals surface area contributed by atoms with Crippen LogP contribution in [-0.4, -0.2) is 33.0 Å². The fraction of sp³-hybridized carbons (Fsp3) is 0.269. The Labute approximate surface area is 197 Å². The number of hydrogen-bond acceptors (Lipinski definition) is 5. The molecule has 3 rings (SSSR count). The van der Waals surface area contributed by atoms with Gasteiger partial charge in [0.05, 0.1) is 5.71 Å². The monoisotopic (exact) mass is 466 g/mol. The minimum Gasteiger partial charge on any atom is -0.411 e. The molecule has 0 aliphatic rings. The second-order valence-electron chi connectivity index (χ2n) is 8.04. The SMILES string of the molecule is Cc1cc(Cl)ccc1C(C/C(=N\O)c1ccc(=O)n(C)c1)c1ccc(C(=O)CCCO)cc1. The fourth-order valence-corrected chi connectivity index (χ4v) is 4.12. The largest absolute Gasteiger partial charge is 0.411 e. The first-order chi connectivity index (χ1) is 15.8. The molecule has 0 spiro atoms. The highest BCUT2D eigenvalue weighted by atomic mass is 35.5. The molecule has 0 bridgehead atoms. The predicted molar refractivity (Wildman–Crippen MR) is 130 cm³/mol. The summed E-state index contributed by atoms with van der Waals surface area (Å²) >= 11 is 6.17. The number of aromatic nitrogens is 1. The van der Waals surface area contributed by atoms with Gasteiger partial charge in [-0.25, -0.2) is 0 Å². The lowest BCUT2D eigenvalue weighted by Crippen LogP contribution is -2.18. The number of aryl methyl sites for hydroxylation is 2. The van der Waals surface area contributed by atoms with Gasteiger partial charge in [-0.1, -0.05) is 47.1 Å². The normalized spacial score (nSPS) is 12.5. The third-order valence-electron chi connectivity index (χ3n) is 5.74. The Kier molecular flexibility index (Phi) is 8.20. The number of pyridine rings is 1. The van der Waals surface area contributed by atoms with E-state index >= 15 is 0 Å². The Morgan fingerprint density at radius 2 is 1.79 bits per heavy atom. The number of carbonyl (C=O) groups is 1. The number of hydrogen-bond donors (Lipinski definition) is 2. The van der Waals surface area contributed by atoms with Gasteiger partial charge in [-0.05, 0) is 48.2 Å². The van der Waals surface area contributed by atoms with Crippen molar-refractivity contribution >= 4 is 23.1 Å². The van der Waals surface area contributed by atoms with E-state index in [1.807, 2.05) is 37.3 Å². The predicted octanol–water partition coefficient (Wildman–Crippen LogP) is 4.70. The van der Waals surface area contributed by atoms with Crippen LogP contribution in [0.4, 0.5) is 0 Å². The van der Waals surface area contributed by atoms with E-state index in [0.29, 0.717) is 41.1 Å². The van der Waals surface area contributed by atoms with Gasteiger partial charge in [-0.3, -0.25) is 9.59 Å². The first-order valence-electron chi connectivity index (χ1n) is 10.7. The third kappa shape index (κ3) is 5.97. The number of halogens is 1. The van der Waals surface area contributed by atoms with E-state index in [0.717, 1.165) is 16.7 Å². The summed E-state index contributed by atoms with van der Waals surface area (Å²) in [7, 11) is 1.65. The van der Waals surface area contributed by atoms with E-state index in [-0.39, 0.29) is 23.9 Å². The molecule has 2 N–H and O–H groups in total. The van der Waals surface area contributed by atoms with Gasteiger partial charge < -0.3 is 14.9 Å². The van der Waals surface area contributed by atoms with Crippen molar-refractivity contribution in [3.8, 4) is 0 Å². The number of carbonyl (C=O) groups excluding carboxylic acids is 1. The number of Topliss-reactive ketones (excluding diaryl/α,β-unsaturated/α-hetero) is 1. The van der Waals surface area contributed by atoms with E-state index in [1.165, 1.54) is 10.6 Å². The lowest BCUT2D eigenvalue weighted by Gasteiger charge is -2.21. The minimum atomic E-state index is -0.174. The highest BCUT2D eigenvalue weighted by Crippen LogP contribution is 2.33. The van der Waals surface area contributed by atoms with Crippen LogP contribution in [0.1, 0.15) is 57.8 Å². The molecular formula is C26H27ClN2O4. The van der Waals surface area contributed by atoms with Gasteiger partial charge in [-0.15, -0.1) is 0 Å². The maximum Gasteiger partial charge on any atom is 0.250 e. The van der Waals surface area contributed by atoms with E-state index in [9.17, 15) is 14.8 Å². The number of rotatable bonds is 9. The number of ketones is 1. The molecule has 0 radical (unpaired) electrons. The van der Waals surface area contributed by atoms with Gasteiger partial charge in [0, 0.05) is 60.8 Å². The summed E-state index contributed by atoms with van der Waals surface area (Å²) in [6.45, 7) is 1.96. The maximum absolute atomic E-state index is 12.3. The molecule has 33 heavy (non-hydrogen) atoms. The molecule has 1 aromatic heterocycles. The highest BCUT2D eigenvalue weighted by Gasteiger charge is 2.21. The van der Waals surface area contributed by atoms with E-state index < -0.39 is 0 Å². The zero-order valence-electron chi connectivity index (χ0n) is 18.7. The van der Waals surface area contributed by atoms with Gasteiger partial charge in [-0.2, -0.15) is 0 Å². The average Bonchev–Trinajstić information content (AvgIpc) is 2.81. The second-order valence-corrected chi connectivity index (χ2v) is 8.48. The van der Waals surface area contributed by atoms with Crippen LogP contribution in [0.25, 0.3) is 0 Å². The first-order valence-corrected chi connectivity index (χ1v) is 11.1. The van der Waals surface area contributed by atoms with Crippen molar-refractivity contribution in [2.24, 2.45) is 12.2 Å². The van der Waals surface area contributed by atoms with Gasteiger partial charge in [0.15, 0.2) is 5.78 Å². The summed E-state index contributed by atoms with van der Waals surface area (Å²) in [4.78, 5) is 24.1. The van der Waals surface area contributed by atoms with Gasteiger partial charge in [0.2, 0.25) is 5.56 Å². The van der Waals surface area contributed by atoms with E-state index in [4.69, 9.17) is 16.7 Å². The summed E-state index contributed by atoms with van der Waals surface area (Å²) in [5, 5.41) is 23.0. The Morgan fingerprint density at radius 3 is 2.39 bits per heavy atom. The maximum atomic E-state index is 12.3. The molecule has 3 aromatic rings. The number of oxime groups is 1. The fourth-order valence-electron chi connectivity index (χ4n) is 3.90. The molecule has 7 heteroatoms. The molecule has 0 saturated carbocycles. The Morgan fingerprint density at radius 1 is 1.09 bits per heavy atom. The van der Waals surface area contributed by atoms with Gasteiger partial charge >= 0.3 is 0 Å². The third-order valence-corrected chi connectivity index (χ3v) is 5.98. The first kappa shape index (κ1) is 24.4. The summed E-state index contributed by atoms with van der Waals surface area (Å²) in [5.41, 5.74) is 4.48. The van der Waals surface area contributed by atoms with Crippen molar-refractivity contribution in [2.75, 3.05) is 6.61 Å². The quantitative estimate of drug-likeness (QED) is 0.207. The molecule has 2 aromatic carbocycles. The highest BCUT2D eigenvalue weighted by molar-refractivity contribution is 6.30. The molecule has 1 heterocycles. The number of nitrogens with zero attached hydrogens (tertiary/aromatic N) is 2. The summed E-state index contributed by atoms with van der Waals surface area (Å²) in [6.07, 6.45) is 2.74. The van der Waals surface area contributed by atoms with Crippen LogP contribution in [-0.2, 0) is 7.05 Å². The van der Waals surface area contributed by atoms with Crippen molar-refractivity contribution in [2.45, 2.75) is 32.1 Å². The molecule has 0 fully saturated rings. The van der Waals surface area contributed by atoms with Crippen LogP contribution in [0.2, 0.25) is 5.02 Å². The molecule has 0 saturated heterocycles. The Balaban J connectivity index is 2.00. The molecule has 0 aliphatic carbocycles. The van der Waals surface area contributed by atoms with Crippen LogP contribution in [0.3, 0.4) is 0 Å². The number of benzene rings is 2. The summed E-state index contributed by atoms with van der Waals surface area (Å²) in [5.74, 6) is -0.190. The van der Waals surface area contributed by atoms with Crippen LogP contribution in [0, 0.1) is 6.92 Å². The van der Waals surface area contributed by atoms with E-state index in [1.54, 1.807) is 31.4 Å². The van der Waals surface area contributed by atoms with Crippen LogP contribution in [0.5, 0.6) is 0 Å². The lowest BCUT2D eigenvalue weighted by molar-refractivity contribution is 0.0971. The molecule has 1 unspecified atom stereocenters. The minimum absolute atomic E-state index is 0.0161. The molecule has 172 valence electrons. The van der Waals surface area contributed by atoms with E-state index in [2.05, 4.69) is 5.16 Å². The van der Waals surface area contributed by atoms with Crippen molar-refractivity contribution in [3.63, 3.8) is 0 Å². The standard InChI is InChI=1S/C26H27ClN2O4/c1-17-14-21(27)10-11-22(17)23(15-24(28-33)20-9-12-26(32)29(2)16-20)18-5-7-19(8-6-18)25(31)4-3-13-30/h5-12,14,16,23,30,33H,3-4,13,15H2,1-2H3/b28-24+. The summed E-state index contributed by atoms with van der Waals surface area (Å²) in [6, 6.07) is 16.1. The molecular weight excluding hydrogens is 440 g/mol. The molecule has 6 nitrogen and oxygen atoms in total. The zero-order valence-corrected chi connectivity index (χ0v) is 19.4. The molecule has 1 atom stereocenters. The average molecular weight is 467 g/mol. The summed E-state index contributed by atoms with van der Waals surface area (Å²) < 4.78 is 1.44. The second kappa shape index (κ2) is 11.1. The smallest absolute Gasteiger partial charge is 0.250 e. The number of aliphatic hydroxyl groups excluding tert-OH is 1.